The molecule has 5 heteroatoms. The number of carbonyl (C=O) groups is 1. The lowest BCUT2D eigenvalue weighted by atomic mass is 10.2. The van der Waals surface area contributed by atoms with Gasteiger partial charge in [-0.05, 0) is 69.4 Å². The van der Waals surface area contributed by atoms with Crippen molar-refractivity contribution in [2.45, 2.75) is 33.1 Å². The third kappa shape index (κ3) is 4.73. The summed E-state index contributed by atoms with van der Waals surface area (Å²) in [5, 5.41) is 3.00. The van der Waals surface area contributed by atoms with E-state index in [0.29, 0.717) is 13.2 Å². The van der Waals surface area contributed by atoms with Gasteiger partial charge in [0.1, 0.15) is 0 Å². The molecule has 1 aromatic heterocycles. The van der Waals surface area contributed by atoms with Gasteiger partial charge in [-0.25, -0.2) is 0 Å². The molecule has 1 saturated carbocycles. The Morgan fingerprint density at radius 3 is 2.68 bits per heavy atom. The Kier molecular flexibility index (Phi) is 5.97. The Morgan fingerprint density at radius 1 is 1.28 bits per heavy atom. The highest BCUT2D eigenvalue weighted by Gasteiger charge is 2.21. The molecule has 25 heavy (non-hydrogen) atoms. The van der Waals surface area contributed by atoms with Crippen molar-refractivity contribution < 1.29 is 9.53 Å². The number of ether oxygens (including phenoxy) is 1. The summed E-state index contributed by atoms with van der Waals surface area (Å²) in [5.41, 5.74) is 3.81. The van der Waals surface area contributed by atoms with Gasteiger partial charge in [0.25, 0.3) is 5.91 Å². The molecule has 1 fully saturated rings. The summed E-state index contributed by atoms with van der Waals surface area (Å²) in [5.74, 6) is 0.775. The van der Waals surface area contributed by atoms with Gasteiger partial charge in [0, 0.05) is 41.3 Å². The number of nitrogens with zero attached hydrogens (tertiary/aromatic N) is 1. The lowest BCUT2D eigenvalue weighted by molar-refractivity contribution is 0.0937. The van der Waals surface area contributed by atoms with Gasteiger partial charge >= 0.3 is 0 Å². The minimum Gasteiger partial charge on any atom is -0.381 e. The first-order valence-electron chi connectivity index (χ1n) is 8.87. The molecule has 1 heterocycles. The maximum atomic E-state index is 12.5. The van der Waals surface area contributed by atoms with Crippen molar-refractivity contribution in [3.8, 4) is 5.69 Å². The molecule has 1 aliphatic rings. The summed E-state index contributed by atoms with van der Waals surface area (Å²) in [6.45, 7) is 6.25. The Labute approximate surface area is 157 Å². The number of aromatic nitrogens is 1. The zero-order valence-electron chi connectivity index (χ0n) is 14.8. The highest BCUT2D eigenvalue weighted by Crippen LogP contribution is 2.28. The fourth-order valence-corrected chi connectivity index (χ4v) is 3.25. The van der Waals surface area contributed by atoms with Gasteiger partial charge in [-0.15, -0.1) is 0 Å². The zero-order valence-corrected chi connectivity index (χ0v) is 16.4. The molecule has 3 rings (SSSR count). The van der Waals surface area contributed by atoms with Gasteiger partial charge in [0.15, 0.2) is 0 Å². The van der Waals surface area contributed by atoms with E-state index in [-0.39, 0.29) is 5.91 Å². The average Bonchev–Trinajstić information content (AvgIpc) is 3.36. The quantitative estimate of drug-likeness (QED) is 0.662. The number of amides is 1. The topological polar surface area (TPSA) is 43.3 Å². The molecule has 0 unspecified atom stereocenters. The van der Waals surface area contributed by atoms with E-state index in [1.165, 1.54) is 12.8 Å². The number of rotatable bonds is 8. The van der Waals surface area contributed by atoms with Gasteiger partial charge in [-0.1, -0.05) is 15.9 Å². The molecular formula is C20H25BrN2O2. The normalized spacial score (nSPS) is 13.9. The predicted molar refractivity (Wildman–Crippen MR) is 103 cm³/mol. The number of carbonyl (C=O) groups excluding carboxylic acids is 1. The second-order valence-electron chi connectivity index (χ2n) is 6.72. The van der Waals surface area contributed by atoms with E-state index in [1.807, 2.05) is 44.2 Å². The molecule has 0 radical (unpaired) electrons. The molecule has 0 aliphatic heterocycles. The molecule has 0 spiro atoms. The first-order chi connectivity index (χ1) is 12.1. The van der Waals surface area contributed by atoms with Gasteiger partial charge < -0.3 is 14.6 Å². The van der Waals surface area contributed by atoms with Crippen molar-refractivity contribution in [2.24, 2.45) is 5.92 Å². The summed E-state index contributed by atoms with van der Waals surface area (Å²) in [7, 11) is 0. The number of nitrogens with one attached hydrogen (secondary N) is 1. The summed E-state index contributed by atoms with van der Waals surface area (Å²) in [6.07, 6.45) is 3.47. The lowest BCUT2D eigenvalue weighted by Gasteiger charge is -2.10. The third-order valence-corrected chi connectivity index (χ3v) is 5.09. The van der Waals surface area contributed by atoms with E-state index < -0.39 is 0 Å². The SMILES string of the molecule is Cc1cc(C(=O)NCCCOCC2CC2)c(C)n1-c1ccc(Br)cc1. The van der Waals surface area contributed by atoms with Crippen molar-refractivity contribution in [1.82, 2.24) is 9.88 Å². The summed E-state index contributed by atoms with van der Waals surface area (Å²) < 4.78 is 8.75. The first kappa shape index (κ1) is 18.2. The molecule has 1 N–H and O–H groups in total. The Morgan fingerprint density at radius 2 is 2.00 bits per heavy atom. The minimum atomic E-state index is -0.0151. The van der Waals surface area contributed by atoms with Gasteiger partial charge in [-0.3, -0.25) is 4.79 Å². The maximum absolute atomic E-state index is 12.5. The smallest absolute Gasteiger partial charge is 0.253 e. The molecule has 0 saturated heterocycles. The van der Waals surface area contributed by atoms with Gasteiger partial charge in [0.05, 0.1) is 5.56 Å². The van der Waals surface area contributed by atoms with E-state index in [0.717, 1.165) is 46.1 Å². The van der Waals surface area contributed by atoms with E-state index in [4.69, 9.17) is 4.74 Å². The maximum Gasteiger partial charge on any atom is 0.253 e. The Bertz CT molecular complexity index is 733. The van der Waals surface area contributed by atoms with Crippen LogP contribution in [-0.4, -0.2) is 30.2 Å². The molecule has 134 valence electrons. The van der Waals surface area contributed by atoms with Crippen LogP contribution in [0.15, 0.2) is 34.8 Å². The lowest BCUT2D eigenvalue weighted by Crippen LogP contribution is -2.25. The van der Waals surface area contributed by atoms with Crippen molar-refractivity contribution >= 4 is 21.8 Å². The van der Waals surface area contributed by atoms with Crippen LogP contribution in [-0.2, 0) is 4.74 Å². The fourth-order valence-electron chi connectivity index (χ4n) is 2.99. The standard InChI is InChI=1S/C20H25BrN2O2/c1-14-12-19(15(2)23(14)18-8-6-17(21)7-9-18)20(24)22-10-3-11-25-13-16-4-5-16/h6-9,12,16H,3-5,10-11,13H2,1-2H3,(H,22,24). The number of hydrogen-bond donors (Lipinski definition) is 1. The molecule has 0 bridgehead atoms. The highest BCUT2D eigenvalue weighted by atomic mass is 79.9. The van der Waals surface area contributed by atoms with E-state index in [1.54, 1.807) is 0 Å². The number of benzene rings is 1. The monoisotopic (exact) mass is 404 g/mol. The Balaban J connectivity index is 1.57. The molecular weight excluding hydrogens is 380 g/mol. The fraction of sp³-hybridized carbons (Fsp3) is 0.450. The van der Waals surface area contributed by atoms with E-state index in [2.05, 4.69) is 25.8 Å². The van der Waals surface area contributed by atoms with Crippen LogP contribution in [0.3, 0.4) is 0 Å². The summed E-state index contributed by atoms with van der Waals surface area (Å²) in [6, 6.07) is 10.1. The second-order valence-corrected chi connectivity index (χ2v) is 7.64. The zero-order chi connectivity index (χ0) is 17.8. The van der Waals surface area contributed by atoms with Crippen molar-refractivity contribution in [3.05, 3.63) is 51.8 Å². The van der Waals surface area contributed by atoms with Crippen LogP contribution in [0.4, 0.5) is 0 Å². The van der Waals surface area contributed by atoms with Crippen LogP contribution < -0.4 is 5.32 Å². The number of aryl methyl sites for hydroxylation is 1. The highest BCUT2D eigenvalue weighted by molar-refractivity contribution is 9.10. The van der Waals surface area contributed by atoms with E-state index >= 15 is 0 Å². The van der Waals surface area contributed by atoms with Crippen LogP contribution in [0.2, 0.25) is 0 Å². The van der Waals surface area contributed by atoms with Gasteiger partial charge in [0.2, 0.25) is 0 Å². The second kappa shape index (κ2) is 8.19. The number of hydrogen-bond acceptors (Lipinski definition) is 2. The van der Waals surface area contributed by atoms with Crippen molar-refractivity contribution in [3.63, 3.8) is 0 Å². The molecule has 2 aromatic rings. The molecule has 1 amide bonds. The third-order valence-electron chi connectivity index (χ3n) is 4.56. The molecule has 0 atom stereocenters. The summed E-state index contributed by atoms with van der Waals surface area (Å²) >= 11 is 3.46. The van der Waals surface area contributed by atoms with Crippen molar-refractivity contribution in [1.29, 1.82) is 0 Å². The average molecular weight is 405 g/mol. The van der Waals surface area contributed by atoms with Crippen LogP contribution in [0, 0.1) is 19.8 Å². The minimum absolute atomic E-state index is 0.0151. The van der Waals surface area contributed by atoms with Gasteiger partial charge in [-0.2, -0.15) is 0 Å². The molecule has 4 nitrogen and oxygen atoms in total. The van der Waals surface area contributed by atoms with E-state index in [9.17, 15) is 4.79 Å². The van der Waals surface area contributed by atoms with Crippen molar-refractivity contribution in [2.75, 3.05) is 19.8 Å². The first-order valence-corrected chi connectivity index (χ1v) is 9.66. The number of halogens is 1. The summed E-state index contributed by atoms with van der Waals surface area (Å²) in [4.78, 5) is 12.5. The van der Waals surface area contributed by atoms with Crippen LogP contribution in [0.1, 0.15) is 41.0 Å². The largest absolute Gasteiger partial charge is 0.381 e. The van der Waals surface area contributed by atoms with Crippen LogP contribution >= 0.6 is 15.9 Å². The predicted octanol–water partition coefficient (Wildman–Crippen LogP) is 4.40. The molecule has 1 aliphatic carbocycles. The van der Waals surface area contributed by atoms with Crippen LogP contribution in [0.5, 0.6) is 0 Å². The van der Waals surface area contributed by atoms with Crippen LogP contribution in [0.25, 0.3) is 5.69 Å². The molecule has 1 aromatic carbocycles. The Hall–Kier alpha value is -1.59.